The second-order valence-electron chi connectivity index (χ2n) is 3.77. The van der Waals surface area contributed by atoms with Crippen molar-refractivity contribution >= 4 is 10.0 Å². The first-order chi connectivity index (χ1) is 7.96. The molecular weight excluding hydrogens is 240 g/mol. The Morgan fingerprint density at radius 3 is 2.82 bits per heavy atom. The number of aliphatic hydroxyl groups excluding tert-OH is 1. The Bertz CT molecular complexity index is 520. The first-order valence-electron chi connectivity index (χ1n) is 5.07. The Hall–Kier alpha value is -1.42. The molecule has 0 unspecified atom stereocenters. The molecular formula is C11H14N2O3S. The van der Waals surface area contributed by atoms with Gasteiger partial charge in [0.2, 0.25) is 10.0 Å². The Kier molecular flexibility index (Phi) is 4.63. The molecule has 0 aliphatic heterocycles. The lowest BCUT2D eigenvalue weighted by Crippen LogP contribution is -2.35. The summed E-state index contributed by atoms with van der Waals surface area (Å²) in [6.07, 6.45) is 0. The fraction of sp³-hybridized carbons (Fsp3) is 0.364. The number of hydrogen-bond donors (Lipinski definition) is 2. The highest BCUT2D eigenvalue weighted by molar-refractivity contribution is 7.88. The van der Waals surface area contributed by atoms with Gasteiger partial charge in [0.15, 0.2) is 0 Å². The molecule has 0 bridgehead atoms. The van der Waals surface area contributed by atoms with E-state index in [1.54, 1.807) is 25.1 Å². The van der Waals surface area contributed by atoms with Gasteiger partial charge in [-0.1, -0.05) is 12.1 Å². The Balaban J connectivity index is 2.80. The van der Waals surface area contributed by atoms with E-state index >= 15 is 0 Å². The summed E-state index contributed by atoms with van der Waals surface area (Å²) in [4.78, 5) is 0. The van der Waals surface area contributed by atoms with E-state index in [1.807, 2.05) is 6.07 Å². The molecule has 0 saturated heterocycles. The molecule has 6 heteroatoms. The van der Waals surface area contributed by atoms with Crippen molar-refractivity contribution in [2.75, 3.05) is 6.61 Å². The van der Waals surface area contributed by atoms with E-state index in [2.05, 4.69) is 4.72 Å². The van der Waals surface area contributed by atoms with Crippen LogP contribution >= 0.6 is 0 Å². The predicted octanol–water partition coefficient (Wildman–Crippen LogP) is 0.358. The van der Waals surface area contributed by atoms with Crippen molar-refractivity contribution in [2.24, 2.45) is 0 Å². The van der Waals surface area contributed by atoms with Gasteiger partial charge >= 0.3 is 0 Å². The molecule has 0 spiro atoms. The van der Waals surface area contributed by atoms with Gasteiger partial charge in [0.05, 0.1) is 24.0 Å². The summed E-state index contributed by atoms with van der Waals surface area (Å²) in [7, 11) is -3.49. The highest BCUT2D eigenvalue weighted by Crippen LogP contribution is 2.08. The maximum Gasteiger partial charge on any atom is 0.216 e. The minimum atomic E-state index is -3.49. The van der Waals surface area contributed by atoms with E-state index in [1.165, 1.54) is 6.07 Å². The molecule has 5 nitrogen and oxygen atoms in total. The molecule has 1 atom stereocenters. The SMILES string of the molecule is C[C@@H](CO)NS(=O)(=O)Cc1cccc(C#N)c1. The van der Waals surface area contributed by atoms with Gasteiger partial charge in [0.25, 0.3) is 0 Å². The van der Waals surface area contributed by atoms with Crippen molar-refractivity contribution in [3.05, 3.63) is 35.4 Å². The van der Waals surface area contributed by atoms with Crippen LogP contribution in [0.25, 0.3) is 0 Å². The van der Waals surface area contributed by atoms with Crippen LogP contribution in [0.2, 0.25) is 0 Å². The molecule has 0 saturated carbocycles. The molecule has 92 valence electrons. The van der Waals surface area contributed by atoms with Crippen LogP contribution in [0.5, 0.6) is 0 Å². The first kappa shape index (κ1) is 13.6. The van der Waals surface area contributed by atoms with Crippen LogP contribution in [0, 0.1) is 11.3 Å². The number of benzene rings is 1. The van der Waals surface area contributed by atoms with Crippen molar-refractivity contribution in [2.45, 2.75) is 18.7 Å². The molecule has 0 aliphatic rings. The lowest BCUT2D eigenvalue weighted by Gasteiger charge is -2.11. The average molecular weight is 254 g/mol. The summed E-state index contributed by atoms with van der Waals surface area (Å²) in [5, 5.41) is 17.5. The quantitative estimate of drug-likeness (QED) is 0.793. The van der Waals surface area contributed by atoms with Crippen molar-refractivity contribution in [3.8, 4) is 6.07 Å². The van der Waals surface area contributed by atoms with Crippen LogP contribution in [0.1, 0.15) is 18.1 Å². The monoisotopic (exact) mass is 254 g/mol. The third-order valence-corrected chi connectivity index (χ3v) is 3.54. The number of hydrogen-bond acceptors (Lipinski definition) is 4. The van der Waals surface area contributed by atoms with Crippen LogP contribution in [0.15, 0.2) is 24.3 Å². The summed E-state index contributed by atoms with van der Waals surface area (Å²) in [6.45, 7) is 1.32. The van der Waals surface area contributed by atoms with Crippen molar-refractivity contribution in [3.63, 3.8) is 0 Å². The van der Waals surface area contributed by atoms with Gasteiger partial charge in [0, 0.05) is 6.04 Å². The average Bonchev–Trinajstić information content (AvgIpc) is 2.27. The van der Waals surface area contributed by atoms with E-state index in [0.29, 0.717) is 11.1 Å². The Morgan fingerprint density at radius 2 is 2.24 bits per heavy atom. The highest BCUT2D eigenvalue weighted by atomic mass is 32.2. The van der Waals surface area contributed by atoms with Crippen molar-refractivity contribution in [1.29, 1.82) is 5.26 Å². The zero-order valence-corrected chi connectivity index (χ0v) is 10.2. The molecule has 0 amide bonds. The highest BCUT2D eigenvalue weighted by Gasteiger charge is 2.14. The van der Waals surface area contributed by atoms with Crippen molar-refractivity contribution < 1.29 is 13.5 Å². The van der Waals surface area contributed by atoms with E-state index in [9.17, 15) is 8.42 Å². The molecule has 1 aromatic rings. The van der Waals surface area contributed by atoms with E-state index < -0.39 is 16.1 Å². The Morgan fingerprint density at radius 1 is 1.53 bits per heavy atom. The summed E-state index contributed by atoms with van der Waals surface area (Å²) < 4.78 is 25.7. The van der Waals surface area contributed by atoms with Gasteiger partial charge in [-0.25, -0.2) is 13.1 Å². The second-order valence-corrected chi connectivity index (χ2v) is 5.53. The third-order valence-electron chi connectivity index (χ3n) is 2.07. The number of sulfonamides is 1. The standard InChI is InChI=1S/C11H14N2O3S/c1-9(7-14)13-17(15,16)8-11-4-2-3-10(5-11)6-12/h2-5,9,13-14H,7-8H2,1H3/t9-/m0/s1. The van der Waals surface area contributed by atoms with E-state index in [0.717, 1.165) is 0 Å². The fourth-order valence-corrected chi connectivity index (χ4v) is 2.72. The number of rotatable bonds is 5. The lowest BCUT2D eigenvalue weighted by molar-refractivity contribution is 0.265. The number of nitriles is 1. The molecule has 1 rings (SSSR count). The number of nitrogens with zero attached hydrogens (tertiary/aromatic N) is 1. The molecule has 17 heavy (non-hydrogen) atoms. The van der Waals surface area contributed by atoms with E-state index in [-0.39, 0.29) is 12.4 Å². The molecule has 0 aliphatic carbocycles. The maximum absolute atomic E-state index is 11.7. The number of nitrogens with one attached hydrogen (secondary N) is 1. The Labute approximate surface area is 101 Å². The molecule has 1 aromatic carbocycles. The van der Waals surface area contributed by atoms with Crippen LogP contribution in [-0.4, -0.2) is 26.2 Å². The topological polar surface area (TPSA) is 90.2 Å². The minimum absolute atomic E-state index is 0.202. The molecule has 0 radical (unpaired) electrons. The zero-order valence-electron chi connectivity index (χ0n) is 9.42. The largest absolute Gasteiger partial charge is 0.395 e. The molecule has 0 heterocycles. The van der Waals surface area contributed by atoms with Gasteiger partial charge in [-0.05, 0) is 24.6 Å². The van der Waals surface area contributed by atoms with Crippen molar-refractivity contribution in [1.82, 2.24) is 4.72 Å². The second kappa shape index (κ2) is 5.77. The molecule has 0 aromatic heterocycles. The van der Waals surface area contributed by atoms with Gasteiger partial charge < -0.3 is 5.11 Å². The first-order valence-corrected chi connectivity index (χ1v) is 6.72. The predicted molar refractivity (Wildman–Crippen MR) is 63.5 cm³/mol. The zero-order chi connectivity index (χ0) is 12.9. The van der Waals surface area contributed by atoms with Gasteiger partial charge in [-0.3, -0.25) is 0 Å². The third kappa shape index (κ3) is 4.53. The van der Waals surface area contributed by atoms with Crippen LogP contribution in [-0.2, 0) is 15.8 Å². The van der Waals surface area contributed by atoms with Gasteiger partial charge in [0.1, 0.15) is 0 Å². The molecule has 2 N–H and O–H groups in total. The van der Waals surface area contributed by atoms with Crippen LogP contribution in [0.3, 0.4) is 0 Å². The fourth-order valence-electron chi connectivity index (χ4n) is 1.34. The molecule has 0 fully saturated rings. The van der Waals surface area contributed by atoms with Crippen LogP contribution in [0.4, 0.5) is 0 Å². The van der Waals surface area contributed by atoms with Crippen LogP contribution < -0.4 is 4.72 Å². The lowest BCUT2D eigenvalue weighted by atomic mass is 10.2. The minimum Gasteiger partial charge on any atom is -0.395 e. The normalized spacial score (nSPS) is 13.0. The summed E-state index contributed by atoms with van der Waals surface area (Å²) >= 11 is 0. The smallest absolute Gasteiger partial charge is 0.216 e. The van der Waals surface area contributed by atoms with Gasteiger partial charge in [-0.2, -0.15) is 5.26 Å². The summed E-state index contributed by atoms with van der Waals surface area (Å²) in [6, 6.07) is 7.86. The number of aliphatic hydroxyl groups is 1. The van der Waals surface area contributed by atoms with E-state index in [4.69, 9.17) is 10.4 Å². The maximum atomic E-state index is 11.7. The summed E-state index contributed by atoms with van der Waals surface area (Å²) in [5.41, 5.74) is 0.967. The summed E-state index contributed by atoms with van der Waals surface area (Å²) in [5.74, 6) is -0.202. The van der Waals surface area contributed by atoms with Gasteiger partial charge in [-0.15, -0.1) is 0 Å².